The number of nitrogens with one attached hydrogen (secondary N) is 4. The van der Waals surface area contributed by atoms with Crippen LogP contribution in [0.1, 0.15) is 30.4 Å². The number of halogens is 3. The molecule has 1 aliphatic carbocycles. The molecule has 6 rings (SSSR count). The van der Waals surface area contributed by atoms with Gasteiger partial charge in [-0.05, 0) is 72.9 Å². The minimum absolute atomic E-state index is 0.140. The number of carbonyl (C=O) groups excluding carboxylic acids is 1. The van der Waals surface area contributed by atoms with Crippen molar-refractivity contribution in [3.63, 3.8) is 0 Å². The summed E-state index contributed by atoms with van der Waals surface area (Å²) in [4.78, 5) is 22.4. The van der Waals surface area contributed by atoms with Crippen LogP contribution in [0.4, 0.5) is 36.3 Å². The first-order valence-corrected chi connectivity index (χ1v) is 15.1. The Morgan fingerprint density at radius 1 is 0.953 bits per heavy atom. The van der Waals surface area contributed by atoms with Crippen molar-refractivity contribution in [1.29, 1.82) is 0 Å². The number of hydrogen-bond donors (Lipinski definition) is 4. The van der Waals surface area contributed by atoms with Gasteiger partial charge in [0.05, 0.1) is 15.9 Å². The minimum Gasteiger partial charge on any atom is -0.369 e. The van der Waals surface area contributed by atoms with E-state index in [2.05, 4.69) is 30.6 Å². The molecule has 1 aliphatic heterocycles. The van der Waals surface area contributed by atoms with Gasteiger partial charge >= 0.3 is 6.18 Å². The summed E-state index contributed by atoms with van der Waals surface area (Å²) in [6.45, 7) is 0.687. The first-order valence-electron chi connectivity index (χ1n) is 13.6. The monoisotopic (exact) mass is 608 g/mol. The molecule has 43 heavy (non-hydrogen) atoms. The van der Waals surface area contributed by atoms with E-state index < -0.39 is 27.2 Å². The number of hydrogen-bond acceptors (Lipinski definition) is 7. The van der Waals surface area contributed by atoms with Crippen molar-refractivity contribution < 1.29 is 26.4 Å². The minimum atomic E-state index is -4.43. The largest absolute Gasteiger partial charge is 0.416 e. The number of alkyl halides is 3. The van der Waals surface area contributed by atoms with Gasteiger partial charge in [0.2, 0.25) is 21.9 Å². The highest BCUT2D eigenvalue weighted by molar-refractivity contribution is 7.89. The highest BCUT2D eigenvalue weighted by Gasteiger charge is 2.51. The molecule has 0 radical (unpaired) electrons. The molecule has 4 N–H and O–H groups in total. The Balaban J connectivity index is 1.20. The summed E-state index contributed by atoms with van der Waals surface area (Å²) in [6, 6.07) is 18.3. The van der Waals surface area contributed by atoms with Crippen LogP contribution in [0.2, 0.25) is 0 Å². The second kappa shape index (κ2) is 11.0. The van der Waals surface area contributed by atoms with Crippen LogP contribution in [-0.4, -0.2) is 37.4 Å². The van der Waals surface area contributed by atoms with Gasteiger partial charge in [-0.3, -0.25) is 4.79 Å². The topological polar surface area (TPSA) is 125 Å². The summed E-state index contributed by atoms with van der Waals surface area (Å²) in [5.74, 6) is 0.569. The lowest BCUT2D eigenvalue weighted by molar-refractivity contribution is -0.137. The first kappa shape index (κ1) is 28.6. The van der Waals surface area contributed by atoms with Crippen LogP contribution in [0.5, 0.6) is 0 Å². The van der Waals surface area contributed by atoms with Crippen LogP contribution in [0.15, 0.2) is 83.9 Å². The van der Waals surface area contributed by atoms with Gasteiger partial charge in [0, 0.05) is 36.2 Å². The molecule has 2 aliphatic rings. The van der Waals surface area contributed by atoms with Crippen molar-refractivity contribution in [3.05, 3.63) is 90.1 Å². The zero-order valence-electron chi connectivity index (χ0n) is 22.7. The number of sulfonamides is 1. The molecule has 222 valence electrons. The Hall–Kier alpha value is -4.49. The number of rotatable bonds is 4. The molecule has 0 unspecified atom stereocenters. The number of fused-ring (bicyclic) bond motifs is 4. The molecule has 1 saturated carbocycles. The quantitative estimate of drug-likeness (QED) is 0.235. The van der Waals surface area contributed by atoms with Gasteiger partial charge in [-0.2, -0.15) is 18.2 Å². The van der Waals surface area contributed by atoms with E-state index in [0.717, 1.165) is 17.7 Å². The molecule has 1 fully saturated rings. The molecular formula is C30H27F3N6O3S. The average Bonchev–Trinajstić information content (AvgIpc) is 3.79. The number of anilines is 4. The van der Waals surface area contributed by atoms with Crippen LogP contribution in [0.25, 0.3) is 11.1 Å². The number of aromatic nitrogens is 2. The maximum absolute atomic E-state index is 13.2. The van der Waals surface area contributed by atoms with Crippen LogP contribution >= 0.6 is 0 Å². The van der Waals surface area contributed by atoms with E-state index in [4.69, 9.17) is 0 Å². The van der Waals surface area contributed by atoms with Crippen molar-refractivity contribution in [1.82, 2.24) is 14.7 Å². The van der Waals surface area contributed by atoms with Crippen molar-refractivity contribution >= 4 is 39.1 Å². The third-order valence-corrected chi connectivity index (χ3v) is 8.99. The van der Waals surface area contributed by atoms with E-state index in [1.54, 1.807) is 30.5 Å². The highest BCUT2D eigenvalue weighted by Crippen LogP contribution is 2.49. The maximum Gasteiger partial charge on any atom is 0.416 e. The van der Waals surface area contributed by atoms with Crippen LogP contribution in [0.3, 0.4) is 0 Å². The van der Waals surface area contributed by atoms with Gasteiger partial charge < -0.3 is 16.0 Å². The average molecular weight is 609 g/mol. The summed E-state index contributed by atoms with van der Waals surface area (Å²) in [7, 11) is -3.66. The highest BCUT2D eigenvalue weighted by atomic mass is 32.2. The smallest absolute Gasteiger partial charge is 0.369 e. The van der Waals surface area contributed by atoms with E-state index in [1.165, 1.54) is 24.3 Å². The molecular weight excluding hydrogens is 581 g/mol. The zero-order valence-corrected chi connectivity index (χ0v) is 23.5. The fourth-order valence-electron chi connectivity index (χ4n) is 4.98. The van der Waals surface area contributed by atoms with Crippen molar-refractivity contribution in [2.75, 3.05) is 29.0 Å². The van der Waals surface area contributed by atoms with E-state index in [0.29, 0.717) is 54.1 Å². The number of nitrogens with zero attached hydrogens (tertiary/aromatic N) is 2. The molecule has 1 amide bonds. The molecule has 1 aromatic heterocycles. The normalized spacial score (nSPS) is 17.2. The SMILES string of the molecule is O=C(Nc1ccc(-c2cnc3nc2NCCCNS(=O)(=O)c2cccc(c2)N3)cc1)C1(c2ccc(C(F)(F)F)cc2)CC1. The summed E-state index contributed by atoms with van der Waals surface area (Å²) in [5.41, 5.74) is 1.52. The lowest BCUT2D eigenvalue weighted by Gasteiger charge is -2.17. The van der Waals surface area contributed by atoms with Crippen molar-refractivity contribution in [2.24, 2.45) is 0 Å². The van der Waals surface area contributed by atoms with Gasteiger partial charge in [0.25, 0.3) is 0 Å². The summed E-state index contributed by atoms with van der Waals surface area (Å²) in [6.07, 6.45) is -1.15. The fraction of sp³-hybridized carbons (Fsp3) is 0.233. The number of benzene rings is 3. The Morgan fingerprint density at radius 2 is 1.70 bits per heavy atom. The predicted octanol–water partition coefficient (Wildman–Crippen LogP) is 5.67. The van der Waals surface area contributed by atoms with Gasteiger partial charge in [-0.1, -0.05) is 30.3 Å². The first-order chi connectivity index (χ1) is 20.5. The van der Waals surface area contributed by atoms with Crippen LogP contribution in [-0.2, 0) is 26.4 Å². The molecule has 13 heteroatoms. The number of carbonyl (C=O) groups is 1. The Morgan fingerprint density at radius 3 is 2.40 bits per heavy atom. The van der Waals surface area contributed by atoms with E-state index in [9.17, 15) is 26.4 Å². The Bertz CT molecular complexity index is 1770. The van der Waals surface area contributed by atoms with E-state index in [1.807, 2.05) is 12.1 Å². The lowest BCUT2D eigenvalue weighted by atomic mass is 9.93. The molecule has 0 atom stereocenters. The van der Waals surface area contributed by atoms with Crippen molar-refractivity contribution in [2.45, 2.75) is 35.7 Å². The zero-order chi connectivity index (χ0) is 30.2. The van der Waals surface area contributed by atoms with Gasteiger partial charge in [0.15, 0.2) is 0 Å². The van der Waals surface area contributed by atoms with Crippen LogP contribution in [0, 0.1) is 0 Å². The molecule has 4 bridgehead atoms. The molecule has 4 aromatic rings. The molecule has 9 nitrogen and oxygen atoms in total. The second-order valence-corrected chi connectivity index (χ2v) is 12.2. The number of amides is 1. The third-order valence-electron chi connectivity index (χ3n) is 7.53. The summed E-state index contributed by atoms with van der Waals surface area (Å²) >= 11 is 0. The van der Waals surface area contributed by atoms with Gasteiger partial charge in [-0.15, -0.1) is 0 Å². The van der Waals surface area contributed by atoms with Crippen molar-refractivity contribution in [3.8, 4) is 11.1 Å². The van der Waals surface area contributed by atoms with Gasteiger partial charge in [-0.25, -0.2) is 18.1 Å². The molecule has 3 aromatic carbocycles. The Labute approximate surface area is 246 Å². The van der Waals surface area contributed by atoms with E-state index >= 15 is 0 Å². The standard InChI is InChI=1S/C30H27F3N6O3S/c31-30(32,33)21-9-7-20(8-10-21)29(13-14-29)27(40)37-22-11-5-19(6-12-22)25-18-35-28-38-23-3-1-4-24(17-23)43(41,42)36-16-2-15-34-26(25)39-28/h1,3-12,17-18,36H,2,13-16H2,(H,37,40)(H2,34,35,38,39). The van der Waals surface area contributed by atoms with Crippen LogP contribution < -0.4 is 20.7 Å². The molecule has 0 spiro atoms. The molecule has 0 saturated heterocycles. The maximum atomic E-state index is 13.2. The summed E-state index contributed by atoms with van der Waals surface area (Å²) < 4.78 is 66.7. The second-order valence-electron chi connectivity index (χ2n) is 10.5. The fourth-order valence-corrected chi connectivity index (χ4v) is 6.10. The Kier molecular flexibility index (Phi) is 7.30. The lowest BCUT2D eigenvalue weighted by Crippen LogP contribution is -2.27. The summed E-state index contributed by atoms with van der Waals surface area (Å²) in [5, 5.41) is 9.22. The predicted molar refractivity (Wildman–Crippen MR) is 156 cm³/mol. The van der Waals surface area contributed by atoms with Gasteiger partial charge in [0.1, 0.15) is 5.82 Å². The third kappa shape index (κ3) is 6.04. The molecule has 2 heterocycles. The van der Waals surface area contributed by atoms with E-state index in [-0.39, 0.29) is 23.3 Å².